The number of nitrogens with one attached hydrogen (secondary N) is 1. The lowest BCUT2D eigenvalue weighted by Gasteiger charge is -2.09. The van der Waals surface area contributed by atoms with E-state index in [0.29, 0.717) is 20.1 Å². The molecule has 0 radical (unpaired) electrons. The number of nitrogens with zero attached hydrogens (tertiary/aromatic N) is 2. The average molecular weight is 456 g/mol. The fraction of sp³-hybridized carbons (Fsp3) is 0.130. The van der Waals surface area contributed by atoms with E-state index in [4.69, 9.17) is 23.2 Å². The number of hydrogen-bond donors (Lipinski definition) is 1. The van der Waals surface area contributed by atoms with Gasteiger partial charge in [-0.15, -0.1) is 0 Å². The lowest BCUT2D eigenvalue weighted by molar-refractivity contribution is -0.115. The minimum atomic E-state index is -0.158. The number of aryl methyl sites for hydroxylation is 1. The molecule has 0 aliphatic carbocycles. The highest BCUT2D eigenvalue weighted by Gasteiger charge is 2.25. The number of carbonyl (C=O) groups excluding carboxylic acids is 1. The molecule has 2 heterocycles. The Hall–Kier alpha value is -2.47. The molecule has 2 aromatic carbocycles. The van der Waals surface area contributed by atoms with Crippen LogP contribution in [0.2, 0.25) is 10.0 Å². The molecule has 4 rings (SSSR count). The first-order chi connectivity index (χ1) is 14.3. The molecule has 0 spiro atoms. The van der Waals surface area contributed by atoms with Crippen molar-refractivity contribution in [2.24, 2.45) is 4.99 Å². The normalized spacial score (nSPS) is 16.5. The van der Waals surface area contributed by atoms with Crippen LogP contribution in [0.5, 0.6) is 0 Å². The predicted molar refractivity (Wildman–Crippen MR) is 127 cm³/mol. The fourth-order valence-electron chi connectivity index (χ4n) is 3.37. The van der Waals surface area contributed by atoms with E-state index in [2.05, 4.69) is 20.9 Å². The number of rotatable bonds is 3. The number of amidine groups is 1. The van der Waals surface area contributed by atoms with E-state index in [1.807, 2.05) is 69.3 Å². The van der Waals surface area contributed by atoms with Crippen LogP contribution in [0.3, 0.4) is 0 Å². The van der Waals surface area contributed by atoms with E-state index in [-0.39, 0.29) is 5.91 Å². The zero-order chi connectivity index (χ0) is 21.4. The molecule has 30 heavy (non-hydrogen) atoms. The Bertz CT molecular complexity index is 1210. The van der Waals surface area contributed by atoms with Crippen LogP contribution in [-0.2, 0) is 4.79 Å². The van der Waals surface area contributed by atoms with Gasteiger partial charge in [-0.05, 0) is 92.2 Å². The van der Waals surface area contributed by atoms with Crippen molar-refractivity contribution in [3.8, 4) is 5.69 Å². The maximum absolute atomic E-state index is 12.5. The van der Waals surface area contributed by atoms with Crippen LogP contribution in [0, 0.1) is 20.8 Å². The molecule has 1 aromatic heterocycles. The maximum Gasteiger partial charge on any atom is 0.264 e. The summed E-state index contributed by atoms with van der Waals surface area (Å²) in [5, 5.41) is 4.73. The van der Waals surface area contributed by atoms with Gasteiger partial charge in [-0.25, -0.2) is 4.99 Å². The smallest absolute Gasteiger partial charge is 0.264 e. The minimum absolute atomic E-state index is 0.158. The van der Waals surface area contributed by atoms with E-state index < -0.39 is 0 Å². The SMILES string of the molecule is Cc1c(Cl)cccc1N=C1NC(=O)/C(=C/c2cc(C)n(-c3ccc(Cl)cc3)c2C)S1. The van der Waals surface area contributed by atoms with Crippen LogP contribution < -0.4 is 5.32 Å². The Balaban J connectivity index is 1.65. The van der Waals surface area contributed by atoms with Crippen LogP contribution >= 0.6 is 35.0 Å². The third-order valence-corrected chi connectivity index (χ3v) is 6.52. The van der Waals surface area contributed by atoms with Crippen LogP contribution in [0.15, 0.2) is 58.4 Å². The number of aromatic nitrogens is 1. The molecular weight excluding hydrogens is 437 g/mol. The van der Waals surface area contributed by atoms with Crippen molar-refractivity contribution in [2.75, 3.05) is 0 Å². The highest BCUT2D eigenvalue weighted by Crippen LogP contribution is 2.32. The van der Waals surface area contributed by atoms with Gasteiger partial charge in [0.05, 0.1) is 10.6 Å². The number of halogens is 2. The van der Waals surface area contributed by atoms with Gasteiger partial charge in [0.1, 0.15) is 0 Å². The summed E-state index contributed by atoms with van der Waals surface area (Å²) in [5.74, 6) is -0.158. The lowest BCUT2D eigenvalue weighted by Crippen LogP contribution is -2.19. The molecule has 1 N–H and O–H groups in total. The zero-order valence-corrected chi connectivity index (χ0v) is 19.0. The van der Waals surface area contributed by atoms with Gasteiger partial charge >= 0.3 is 0 Å². The number of carbonyl (C=O) groups is 1. The molecule has 1 saturated heterocycles. The lowest BCUT2D eigenvalue weighted by atomic mass is 10.2. The monoisotopic (exact) mass is 455 g/mol. The molecule has 1 fully saturated rings. The predicted octanol–water partition coefficient (Wildman–Crippen LogP) is 6.60. The maximum atomic E-state index is 12.5. The summed E-state index contributed by atoms with van der Waals surface area (Å²) in [6.07, 6.45) is 1.90. The van der Waals surface area contributed by atoms with Crippen LogP contribution in [0.4, 0.5) is 5.69 Å². The van der Waals surface area contributed by atoms with E-state index in [0.717, 1.165) is 33.9 Å². The van der Waals surface area contributed by atoms with Gasteiger partial charge < -0.3 is 9.88 Å². The first kappa shape index (κ1) is 20.8. The molecule has 0 atom stereocenters. The summed E-state index contributed by atoms with van der Waals surface area (Å²) in [6.45, 7) is 5.99. The average Bonchev–Trinajstić information content (AvgIpc) is 3.19. The summed E-state index contributed by atoms with van der Waals surface area (Å²) in [4.78, 5) is 17.7. The second-order valence-corrected chi connectivity index (χ2v) is 8.88. The van der Waals surface area contributed by atoms with Crippen molar-refractivity contribution in [3.63, 3.8) is 0 Å². The second-order valence-electron chi connectivity index (χ2n) is 7.00. The van der Waals surface area contributed by atoms with E-state index in [1.165, 1.54) is 11.8 Å². The third kappa shape index (κ3) is 4.06. The van der Waals surface area contributed by atoms with Gasteiger partial charge in [0.2, 0.25) is 0 Å². The molecule has 0 unspecified atom stereocenters. The van der Waals surface area contributed by atoms with Crippen molar-refractivity contribution in [1.29, 1.82) is 0 Å². The Morgan fingerprint density at radius 1 is 1.07 bits per heavy atom. The van der Waals surface area contributed by atoms with Crippen LogP contribution in [0.1, 0.15) is 22.5 Å². The van der Waals surface area contributed by atoms with Gasteiger partial charge in [0.15, 0.2) is 5.17 Å². The molecule has 7 heteroatoms. The molecule has 1 amide bonds. The quantitative estimate of drug-likeness (QED) is 0.452. The van der Waals surface area contributed by atoms with Crippen molar-refractivity contribution in [1.82, 2.24) is 9.88 Å². The van der Waals surface area contributed by atoms with Gasteiger partial charge in [0, 0.05) is 27.1 Å². The second kappa shape index (κ2) is 8.34. The first-order valence-electron chi connectivity index (χ1n) is 9.33. The minimum Gasteiger partial charge on any atom is -0.318 e. The highest BCUT2D eigenvalue weighted by molar-refractivity contribution is 8.18. The van der Waals surface area contributed by atoms with Crippen molar-refractivity contribution >= 4 is 57.8 Å². The number of amides is 1. The summed E-state index contributed by atoms with van der Waals surface area (Å²) in [6, 6.07) is 15.3. The molecule has 3 aromatic rings. The number of aliphatic imine (C=N–C) groups is 1. The summed E-state index contributed by atoms with van der Waals surface area (Å²) in [7, 11) is 0. The summed E-state index contributed by atoms with van der Waals surface area (Å²) in [5.41, 5.74) is 5.76. The molecular formula is C23H19Cl2N3OS. The van der Waals surface area contributed by atoms with Crippen molar-refractivity contribution in [3.05, 3.63) is 86.0 Å². The van der Waals surface area contributed by atoms with E-state index >= 15 is 0 Å². The number of benzene rings is 2. The zero-order valence-electron chi connectivity index (χ0n) is 16.7. The summed E-state index contributed by atoms with van der Waals surface area (Å²) < 4.78 is 2.14. The van der Waals surface area contributed by atoms with Crippen molar-refractivity contribution in [2.45, 2.75) is 20.8 Å². The van der Waals surface area contributed by atoms with Gasteiger partial charge in [-0.1, -0.05) is 29.3 Å². The Labute approximate surface area is 189 Å². The Morgan fingerprint density at radius 3 is 2.53 bits per heavy atom. The topological polar surface area (TPSA) is 46.4 Å². The molecule has 4 nitrogen and oxygen atoms in total. The van der Waals surface area contributed by atoms with Crippen LogP contribution in [0.25, 0.3) is 11.8 Å². The standard InChI is InChI=1S/C23H19Cl2N3OS/c1-13-11-16(15(3)28(13)18-9-7-17(24)8-10-18)12-21-22(29)27-23(30-21)26-20-6-4-5-19(25)14(20)2/h4-12H,1-3H3,(H,26,27,29)/b21-12-. The number of hydrogen-bond acceptors (Lipinski definition) is 3. The molecule has 0 bridgehead atoms. The third-order valence-electron chi connectivity index (χ3n) is 4.95. The van der Waals surface area contributed by atoms with Crippen LogP contribution in [-0.4, -0.2) is 15.6 Å². The van der Waals surface area contributed by atoms with Gasteiger partial charge in [-0.3, -0.25) is 4.79 Å². The molecule has 1 aliphatic rings. The van der Waals surface area contributed by atoms with Gasteiger partial charge in [0.25, 0.3) is 5.91 Å². The number of thioether (sulfide) groups is 1. The highest BCUT2D eigenvalue weighted by atomic mass is 35.5. The largest absolute Gasteiger partial charge is 0.318 e. The van der Waals surface area contributed by atoms with Gasteiger partial charge in [-0.2, -0.15) is 0 Å². The summed E-state index contributed by atoms with van der Waals surface area (Å²) >= 11 is 13.5. The Kier molecular flexibility index (Phi) is 5.78. The first-order valence-corrected chi connectivity index (χ1v) is 10.9. The van der Waals surface area contributed by atoms with E-state index in [9.17, 15) is 4.79 Å². The Morgan fingerprint density at radius 2 is 1.80 bits per heavy atom. The molecule has 1 aliphatic heterocycles. The molecule has 152 valence electrons. The fourth-order valence-corrected chi connectivity index (χ4v) is 4.49. The van der Waals surface area contributed by atoms with Crippen molar-refractivity contribution < 1.29 is 4.79 Å². The molecule has 0 saturated carbocycles. The van der Waals surface area contributed by atoms with E-state index in [1.54, 1.807) is 0 Å².